The Morgan fingerprint density at radius 2 is 2.23 bits per heavy atom. The van der Waals surface area contributed by atoms with Gasteiger partial charge in [0.1, 0.15) is 6.10 Å². The van der Waals surface area contributed by atoms with E-state index in [2.05, 4.69) is 5.32 Å². The zero-order valence-corrected chi connectivity index (χ0v) is 8.64. The minimum atomic E-state index is -0.780. The number of aliphatic hydroxyl groups excluding tert-OH is 2. The van der Waals surface area contributed by atoms with Gasteiger partial charge in [-0.2, -0.15) is 0 Å². The van der Waals surface area contributed by atoms with Crippen molar-refractivity contribution >= 4 is 11.3 Å². The summed E-state index contributed by atoms with van der Waals surface area (Å²) in [5, 5.41) is 23.8. The van der Waals surface area contributed by atoms with Crippen molar-refractivity contribution < 1.29 is 10.2 Å². The predicted molar refractivity (Wildman–Crippen MR) is 53.9 cm³/mol. The maximum Gasteiger partial charge on any atom is 0.107 e. The first-order valence-corrected chi connectivity index (χ1v) is 5.09. The lowest BCUT2D eigenvalue weighted by Gasteiger charge is -2.15. The summed E-state index contributed by atoms with van der Waals surface area (Å²) in [6.45, 7) is 2.38. The van der Waals surface area contributed by atoms with Crippen LogP contribution in [-0.4, -0.2) is 29.9 Å². The monoisotopic (exact) mass is 201 g/mol. The molecule has 0 fully saturated rings. The van der Waals surface area contributed by atoms with Gasteiger partial charge in [-0.1, -0.05) is 0 Å². The molecule has 74 valence electrons. The molecular weight excluding hydrogens is 186 g/mol. The van der Waals surface area contributed by atoms with Crippen LogP contribution in [0.4, 0.5) is 0 Å². The average Bonchev–Trinajstić information content (AvgIpc) is 2.51. The lowest BCUT2D eigenvalue weighted by molar-refractivity contribution is 0.0205. The first-order valence-electron chi connectivity index (χ1n) is 4.21. The summed E-state index contributed by atoms with van der Waals surface area (Å²) in [5.74, 6) is 0. The fourth-order valence-electron chi connectivity index (χ4n) is 1.16. The number of hydrogen-bond acceptors (Lipinski definition) is 4. The molecule has 0 aromatic carbocycles. The first-order chi connectivity index (χ1) is 6.15. The zero-order chi connectivity index (χ0) is 9.84. The number of aliphatic hydroxyl groups is 2. The van der Waals surface area contributed by atoms with Crippen LogP contribution in [0.1, 0.15) is 16.5 Å². The van der Waals surface area contributed by atoms with E-state index >= 15 is 0 Å². The maximum absolute atomic E-state index is 9.65. The van der Waals surface area contributed by atoms with Gasteiger partial charge in [0.25, 0.3) is 0 Å². The number of likely N-dealkylation sites (N-methyl/N-ethyl adjacent to an activating group) is 1. The van der Waals surface area contributed by atoms with E-state index in [-0.39, 0.29) is 0 Å². The smallest absolute Gasteiger partial charge is 0.107 e. The van der Waals surface area contributed by atoms with E-state index in [1.54, 1.807) is 18.4 Å². The average molecular weight is 201 g/mol. The second kappa shape index (κ2) is 4.72. The minimum absolute atomic E-state index is 0.399. The fraction of sp³-hybridized carbons (Fsp3) is 0.556. The Hall–Kier alpha value is -0.420. The highest BCUT2D eigenvalue weighted by Crippen LogP contribution is 2.22. The lowest BCUT2D eigenvalue weighted by atomic mass is 10.1. The largest absolute Gasteiger partial charge is 0.389 e. The van der Waals surface area contributed by atoms with Crippen molar-refractivity contribution in [3.05, 3.63) is 21.9 Å². The molecule has 1 aromatic heterocycles. The second-order valence-corrected chi connectivity index (χ2v) is 4.18. The maximum atomic E-state index is 9.65. The molecule has 1 rings (SSSR count). The molecule has 0 aliphatic heterocycles. The molecule has 0 saturated heterocycles. The Labute approximate surface area is 82.0 Å². The number of rotatable bonds is 4. The SMILES string of the molecule is CNCC(O)C(O)c1csc(C)c1. The van der Waals surface area contributed by atoms with E-state index in [1.807, 2.05) is 18.4 Å². The molecule has 0 aliphatic carbocycles. The summed E-state index contributed by atoms with van der Waals surface area (Å²) in [7, 11) is 1.74. The molecule has 0 radical (unpaired) electrons. The third-order valence-electron chi connectivity index (χ3n) is 1.87. The molecule has 4 heteroatoms. The van der Waals surface area contributed by atoms with Crippen molar-refractivity contribution in [3.8, 4) is 0 Å². The molecule has 0 saturated carbocycles. The quantitative estimate of drug-likeness (QED) is 0.671. The molecule has 3 N–H and O–H groups in total. The highest BCUT2D eigenvalue weighted by atomic mass is 32.1. The summed E-state index contributed by atoms with van der Waals surface area (Å²) in [6.07, 6.45) is -1.52. The van der Waals surface area contributed by atoms with Gasteiger partial charge in [0, 0.05) is 11.4 Å². The van der Waals surface area contributed by atoms with Crippen molar-refractivity contribution in [1.29, 1.82) is 0 Å². The van der Waals surface area contributed by atoms with Gasteiger partial charge in [0.15, 0.2) is 0 Å². The first kappa shape index (κ1) is 10.7. The predicted octanol–water partition coefficient (Wildman–Crippen LogP) is 0.670. The van der Waals surface area contributed by atoms with Crippen LogP contribution in [0.2, 0.25) is 0 Å². The summed E-state index contributed by atoms with van der Waals surface area (Å²) >= 11 is 1.58. The van der Waals surface area contributed by atoms with Gasteiger partial charge in [0.05, 0.1) is 6.10 Å². The second-order valence-electron chi connectivity index (χ2n) is 3.06. The molecule has 0 aliphatic rings. The number of hydrogen-bond donors (Lipinski definition) is 3. The Balaban J connectivity index is 2.61. The Morgan fingerprint density at radius 1 is 1.54 bits per heavy atom. The molecule has 1 heterocycles. The number of nitrogens with one attached hydrogen (secondary N) is 1. The third-order valence-corrected chi connectivity index (χ3v) is 2.75. The lowest BCUT2D eigenvalue weighted by Crippen LogP contribution is -2.29. The molecule has 2 unspecified atom stereocenters. The van der Waals surface area contributed by atoms with Crippen LogP contribution >= 0.6 is 11.3 Å². The summed E-state index contributed by atoms with van der Waals surface area (Å²) in [4.78, 5) is 1.14. The third kappa shape index (κ3) is 2.77. The van der Waals surface area contributed by atoms with Crippen molar-refractivity contribution in [3.63, 3.8) is 0 Å². The van der Waals surface area contributed by atoms with Gasteiger partial charge in [-0.25, -0.2) is 0 Å². The summed E-state index contributed by atoms with van der Waals surface area (Å²) in [6, 6.07) is 1.90. The molecule has 2 atom stereocenters. The van der Waals surface area contributed by atoms with Gasteiger partial charge < -0.3 is 15.5 Å². The molecule has 0 bridgehead atoms. The van der Waals surface area contributed by atoms with E-state index in [0.717, 1.165) is 10.4 Å². The zero-order valence-electron chi connectivity index (χ0n) is 7.82. The molecule has 13 heavy (non-hydrogen) atoms. The van der Waals surface area contributed by atoms with Crippen molar-refractivity contribution in [2.24, 2.45) is 0 Å². The minimum Gasteiger partial charge on any atom is -0.389 e. The molecule has 3 nitrogen and oxygen atoms in total. The van der Waals surface area contributed by atoms with E-state index in [0.29, 0.717) is 6.54 Å². The molecule has 0 spiro atoms. The Morgan fingerprint density at radius 3 is 2.69 bits per heavy atom. The van der Waals surface area contributed by atoms with Crippen molar-refractivity contribution in [2.75, 3.05) is 13.6 Å². The van der Waals surface area contributed by atoms with E-state index < -0.39 is 12.2 Å². The standard InChI is InChI=1S/C9H15NO2S/c1-6-3-7(5-13-6)9(12)8(11)4-10-2/h3,5,8-12H,4H2,1-2H3. The van der Waals surface area contributed by atoms with Crippen LogP contribution in [0.5, 0.6) is 0 Å². The van der Waals surface area contributed by atoms with E-state index in [1.165, 1.54) is 0 Å². The van der Waals surface area contributed by atoms with Crippen LogP contribution < -0.4 is 5.32 Å². The highest BCUT2D eigenvalue weighted by molar-refractivity contribution is 7.10. The number of aryl methyl sites for hydroxylation is 1. The highest BCUT2D eigenvalue weighted by Gasteiger charge is 2.17. The topological polar surface area (TPSA) is 52.5 Å². The molecular formula is C9H15NO2S. The van der Waals surface area contributed by atoms with Crippen LogP contribution in [0.15, 0.2) is 11.4 Å². The van der Waals surface area contributed by atoms with E-state index in [9.17, 15) is 10.2 Å². The molecule has 1 aromatic rings. The molecule has 0 amide bonds. The van der Waals surface area contributed by atoms with Crippen LogP contribution in [0, 0.1) is 6.92 Å². The van der Waals surface area contributed by atoms with Gasteiger partial charge in [0.2, 0.25) is 0 Å². The van der Waals surface area contributed by atoms with Gasteiger partial charge in [-0.05, 0) is 31.0 Å². The van der Waals surface area contributed by atoms with Crippen molar-refractivity contribution in [1.82, 2.24) is 5.32 Å². The summed E-state index contributed by atoms with van der Waals surface area (Å²) < 4.78 is 0. The fourth-order valence-corrected chi connectivity index (χ4v) is 1.90. The Bertz CT molecular complexity index is 262. The van der Waals surface area contributed by atoms with Gasteiger partial charge >= 0.3 is 0 Å². The van der Waals surface area contributed by atoms with Crippen LogP contribution in [0.3, 0.4) is 0 Å². The summed E-state index contributed by atoms with van der Waals surface area (Å²) in [5.41, 5.74) is 0.797. The van der Waals surface area contributed by atoms with Gasteiger partial charge in [-0.3, -0.25) is 0 Å². The van der Waals surface area contributed by atoms with Crippen molar-refractivity contribution in [2.45, 2.75) is 19.1 Å². The van der Waals surface area contributed by atoms with Crippen LogP contribution in [0.25, 0.3) is 0 Å². The van der Waals surface area contributed by atoms with Crippen LogP contribution in [-0.2, 0) is 0 Å². The van der Waals surface area contributed by atoms with Gasteiger partial charge in [-0.15, -0.1) is 11.3 Å². The number of thiophene rings is 1. The Kier molecular flexibility index (Phi) is 3.87. The normalized spacial score (nSPS) is 15.7. The van der Waals surface area contributed by atoms with E-state index in [4.69, 9.17) is 0 Å².